The molecule has 0 saturated heterocycles. The first-order valence-electron chi connectivity index (χ1n) is 5.36. The van der Waals surface area contributed by atoms with E-state index in [0.717, 1.165) is 12.2 Å². The maximum absolute atomic E-state index is 13.1. The van der Waals surface area contributed by atoms with Gasteiger partial charge in [-0.3, -0.25) is 0 Å². The van der Waals surface area contributed by atoms with Crippen LogP contribution in [0.1, 0.15) is 31.9 Å². The molecule has 0 radical (unpaired) electrons. The highest BCUT2D eigenvalue weighted by Crippen LogP contribution is 2.26. The molecule has 1 aromatic rings. The molecule has 16 heavy (non-hydrogen) atoms. The quantitative estimate of drug-likeness (QED) is 0.867. The van der Waals surface area contributed by atoms with E-state index >= 15 is 0 Å². The number of nitrogens with two attached hydrogens (primary N) is 1. The van der Waals surface area contributed by atoms with Crippen molar-refractivity contribution < 1.29 is 4.39 Å². The Morgan fingerprint density at radius 3 is 2.81 bits per heavy atom. The van der Waals surface area contributed by atoms with Crippen LogP contribution in [-0.2, 0) is 0 Å². The predicted molar refractivity (Wildman–Crippen MR) is 70.5 cm³/mol. The lowest BCUT2D eigenvalue weighted by Crippen LogP contribution is -2.15. The Hall–Kier alpha value is -0.250. The highest BCUT2D eigenvalue weighted by atomic mass is 35.5. The van der Waals surface area contributed by atoms with Gasteiger partial charge in [-0.25, -0.2) is 4.39 Å². The van der Waals surface area contributed by atoms with E-state index in [1.165, 1.54) is 12.1 Å². The molecule has 0 saturated carbocycles. The third-order valence-corrected chi connectivity index (χ3v) is 4.29. The van der Waals surface area contributed by atoms with Crippen molar-refractivity contribution >= 4 is 23.4 Å². The van der Waals surface area contributed by atoms with Crippen LogP contribution in [0.25, 0.3) is 0 Å². The number of benzene rings is 1. The second kappa shape index (κ2) is 6.48. The maximum Gasteiger partial charge on any atom is 0.123 e. The second-order valence-electron chi connectivity index (χ2n) is 3.82. The van der Waals surface area contributed by atoms with Crippen molar-refractivity contribution in [3.8, 4) is 0 Å². The minimum atomic E-state index is -0.289. The Kier molecular flexibility index (Phi) is 5.59. The summed E-state index contributed by atoms with van der Waals surface area (Å²) in [5.74, 6) is 0.474. The number of rotatable bonds is 5. The first kappa shape index (κ1) is 13.8. The Morgan fingerprint density at radius 1 is 1.50 bits per heavy atom. The first-order valence-corrected chi connectivity index (χ1v) is 6.79. The number of hydrogen-bond donors (Lipinski definition) is 1. The van der Waals surface area contributed by atoms with E-state index < -0.39 is 0 Å². The Morgan fingerprint density at radius 2 is 2.19 bits per heavy atom. The third-order valence-electron chi connectivity index (χ3n) is 2.49. The van der Waals surface area contributed by atoms with E-state index in [1.54, 1.807) is 17.8 Å². The monoisotopic (exact) mass is 261 g/mol. The van der Waals surface area contributed by atoms with Gasteiger partial charge in [-0.2, -0.15) is 11.8 Å². The Labute approximate surface area is 106 Å². The molecule has 4 heteroatoms. The van der Waals surface area contributed by atoms with Gasteiger partial charge in [0, 0.05) is 22.1 Å². The van der Waals surface area contributed by atoms with Crippen LogP contribution in [0.3, 0.4) is 0 Å². The molecule has 0 spiro atoms. The van der Waals surface area contributed by atoms with Crippen molar-refractivity contribution in [3.05, 3.63) is 34.6 Å². The smallest absolute Gasteiger partial charge is 0.123 e. The summed E-state index contributed by atoms with van der Waals surface area (Å²) >= 11 is 7.77. The Balaban J connectivity index is 2.65. The third kappa shape index (κ3) is 3.96. The first-order chi connectivity index (χ1) is 7.54. The zero-order chi connectivity index (χ0) is 12.1. The van der Waals surface area contributed by atoms with Gasteiger partial charge in [-0.1, -0.05) is 25.4 Å². The van der Waals surface area contributed by atoms with E-state index in [4.69, 9.17) is 17.3 Å². The van der Waals surface area contributed by atoms with Crippen molar-refractivity contribution in [2.75, 3.05) is 5.75 Å². The molecule has 0 bridgehead atoms. The van der Waals surface area contributed by atoms with Gasteiger partial charge >= 0.3 is 0 Å². The van der Waals surface area contributed by atoms with Crippen LogP contribution < -0.4 is 5.73 Å². The molecule has 1 rings (SSSR count). The summed E-state index contributed by atoms with van der Waals surface area (Å²) in [6.45, 7) is 4.29. The lowest BCUT2D eigenvalue weighted by molar-refractivity contribution is 0.622. The highest BCUT2D eigenvalue weighted by molar-refractivity contribution is 7.99. The molecule has 0 aliphatic rings. The van der Waals surface area contributed by atoms with Crippen LogP contribution in [0.4, 0.5) is 4.39 Å². The molecule has 1 nitrogen and oxygen atoms in total. The van der Waals surface area contributed by atoms with Gasteiger partial charge in [0.25, 0.3) is 0 Å². The average molecular weight is 262 g/mol. The van der Waals surface area contributed by atoms with Crippen molar-refractivity contribution in [3.63, 3.8) is 0 Å². The van der Waals surface area contributed by atoms with E-state index in [0.29, 0.717) is 15.8 Å². The van der Waals surface area contributed by atoms with Crippen molar-refractivity contribution in [2.45, 2.75) is 31.6 Å². The molecule has 0 fully saturated rings. The summed E-state index contributed by atoms with van der Waals surface area (Å²) in [7, 11) is 0. The van der Waals surface area contributed by atoms with Crippen LogP contribution in [0, 0.1) is 5.82 Å². The molecule has 1 aromatic carbocycles. The molecule has 0 amide bonds. The van der Waals surface area contributed by atoms with Crippen LogP contribution in [-0.4, -0.2) is 11.0 Å². The lowest BCUT2D eigenvalue weighted by Gasteiger charge is -2.15. The average Bonchev–Trinajstić information content (AvgIpc) is 2.28. The molecule has 2 N–H and O–H groups in total. The van der Waals surface area contributed by atoms with Crippen molar-refractivity contribution in [1.29, 1.82) is 0 Å². The normalized spacial score (nSPS) is 14.8. The van der Waals surface area contributed by atoms with Crippen molar-refractivity contribution in [1.82, 2.24) is 0 Å². The molecule has 2 atom stereocenters. The van der Waals surface area contributed by atoms with Crippen molar-refractivity contribution in [2.24, 2.45) is 5.73 Å². The molecular weight excluding hydrogens is 245 g/mol. The maximum atomic E-state index is 13.1. The largest absolute Gasteiger partial charge is 0.323 e. The van der Waals surface area contributed by atoms with Gasteiger partial charge in [-0.15, -0.1) is 0 Å². The summed E-state index contributed by atoms with van der Waals surface area (Å²) in [6, 6.07) is 4.12. The van der Waals surface area contributed by atoms with Gasteiger partial charge in [0.05, 0.1) is 0 Å². The van der Waals surface area contributed by atoms with E-state index in [9.17, 15) is 4.39 Å². The zero-order valence-electron chi connectivity index (χ0n) is 9.54. The molecule has 0 aliphatic carbocycles. The molecule has 0 aromatic heterocycles. The summed E-state index contributed by atoms with van der Waals surface area (Å²) in [5.41, 5.74) is 6.69. The zero-order valence-corrected chi connectivity index (χ0v) is 11.1. The standard InChI is InChI=1S/C12H17ClFNS/c1-3-8(2)16-7-12(15)10-6-9(14)4-5-11(10)13/h4-6,8,12H,3,7,15H2,1-2H3. The Bertz CT molecular complexity index is 346. The summed E-state index contributed by atoms with van der Waals surface area (Å²) < 4.78 is 13.1. The molecular formula is C12H17ClFNS. The molecule has 90 valence electrons. The fourth-order valence-corrected chi connectivity index (χ4v) is 2.48. The summed E-state index contributed by atoms with van der Waals surface area (Å²) in [5, 5.41) is 1.11. The van der Waals surface area contributed by atoms with Crippen LogP contribution in [0.5, 0.6) is 0 Å². The van der Waals surface area contributed by atoms with E-state index in [-0.39, 0.29) is 11.9 Å². The second-order valence-corrected chi connectivity index (χ2v) is 5.70. The fraction of sp³-hybridized carbons (Fsp3) is 0.500. The van der Waals surface area contributed by atoms with Crippen LogP contribution in [0.15, 0.2) is 18.2 Å². The van der Waals surface area contributed by atoms with Crippen LogP contribution >= 0.6 is 23.4 Å². The minimum absolute atomic E-state index is 0.206. The topological polar surface area (TPSA) is 26.0 Å². The minimum Gasteiger partial charge on any atom is -0.323 e. The highest BCUT2D eigenvalue weighted by Gasteiger charge is 2.12. The predicted octanol–water partition coefficient (Wildman–Crippen LogP) is 4.01. The number of hydrogen-bond acceptors (Lipinski definition) is 2. The summed E-state index contributed by atoms with van der Waals surface area (Å²) in [6.07, 6.45) is 1.11. The summed E-state index contributed by atoms with van der Waals surface area (Å²) in [4.78, 5) is 0. The number of thioether (sulfide) groups is 1. The van der Waals surface area contributed by atoms with E-state index in [1.807, 2.05) is 0 Å². The van der Waals surface area contributed by atoms with Gasteiger partial charge in [0.2, 0.25) is 0 Å². The molecule has 0 heterocycles. The van der Waals surface area contributed by atoms with Crippen LogP contribution in [0.2, 0.25) is 5.02 Å². The SMILES string of the molecule is CCC(C)SCC(N)c1cc(F)ccc1Cl. The lowest BCUT2D eigenvalue weighted by atomic mass is 10.1. The van der Waals surface area contributed by atoms with Gasteiger partial charge in [-0.05, 0) is 30.2 Å². The van der Waals surface area contributed by atoms with Gasteiger partial charge in [0.15, 0.2) is 0 Å². The fourth-order valence-electron chi connectivity index (χ4n) is 1.27. The molecule has 2 unspecified atom stereocenters. The van der Waals surface area contributed by atoms with E-state index in [2.05, 4.69) is 13.8 Å². The van der Waals surface area contributed by atoms with Gasteiger partial charge < -0.3 is 5.73 Å². The molecule has 0 aliphatic heterocycles. The van der Waals surface area contributed by atoms with Gasteiger partial charge in [0.1, 0.15) is 5.82 Å². The number of halogens is 2.